The van der Waals surface area contributed by atoms with E-state index in [1.165, 1.54) is 13.8 Å². The van der Waals surface area contributed by atoms with Crippen LogP contribution in [0.5, 0.6) is 0 Å². The Hall–Kier alpha value is -1.57. The number of urea groups is 1. The average molecular weight is 278 g/mol. The summed E-state index contributed by atoms with van der Waals surface area (Å²) in [5, 5.41) is 3.25. The van der Waals surface area contributed by atoms with Crippen LogP contribution in [0.3, 0.4) is 0 Å². The lowest BCUT2D eigenvalue weighted by Crippen LogP contribution is -2.40. The molecule has 1 aromatic rings. The molecule has 0 aromatic carbocycles. The molecule has 0 spiro atoms. The number of hydrogen-bond donors (Lipinski definition) is 1. The Bertz CT molecular complexity index is 521. The molecule has 1 N–H and O–H groups in total. The smallest absolute Gasteiger partial charge is 0.323 e. The minimum Gasteiger partial charge on any atom is -0.323 e. The Morgan fingerprint density at radius 3 is 2.33 bits per heavy atom. The molecule has 2 rings (SSSR count). The van der Waals surface area contributed by atoms with Crippen molar-refractivity contribution in [3.05, 3.63) is 17.0 Å². The van der Waals surface area contributed by atoms with Gasteiger partial charge in [0, 0.05) is 5.38 Å². The molecule has 98 valence electrons. The number of nitrogens with one attached hydrogen (secondary N) is 1. The van der Waals surface area contributed by atoms with Gasteiger partial charge in [-0.3, -0.25) is 4.79 Å². The molecule has 0 saturated carbocycles. The zero-order valence-electron chi connectivity index (χ0n) is 9.46. The maximum Gasteiger partial charge on any atom is 0.417 e. The largest absolute Gasteiger partial charge is 0.417 e. The molecule has 1 aromatic heterocycles. The fourth-order valence-corrected chi connectivity index (χ4v) is 2.46. The topological polar surface area (TPSA) is 49.4 Å². The highest BCUT2D eigenvalue weighted by Gasteiger charge is 2.46. The molecule has 0 unspecified atom stereocenters. The molecule has 3 amide bonds. The fraction of sp³-hybridized carbons (Fsp3) is 0.400. The van der Waals surface area contributed by atoms with Crippen LogP contribution in [0.15, 0.2) is 11.4 Å². The van der Waals surface area contributed by atoms with Crippen molar-refractivity contribution in [2.75, 3.05) is 4.90 Å². The number of carbonyl (C=O) groups is 2. The number of carbonyl (C=O) groups excluding carboxylic acids is 2. The van der Waals surface area contributed by atoms with Crippen LogP contribution in [0.1, 0.15) is 19.4 Å². The van der Waals surface area contributed by atoms with Crippen LogP contribution in [0.2, 0.25) is 0 Å². The highest BCUT2D eigenvalue weighted by Crippen LogP contribution is 2.37. The lowest BCUT2D eigenvalue weighted by atomic mass is 10.1. The van der Waals surface area contributed by atoms with Crippen molar-refractivity contribution in [1.82, 2.24) is 5.32 Å². The second-order valence-electron chi connectivity index (χ2n) is 4.37. The van der Waals surface area contributed by atoms with Gasteiger partial charge in [-0.25, -0.2) is 9.69 Å². The van der Waals surface area contributed by atoms with E-state index in [0.717, 1.165) is 16.3 Å². The Morgan fingerprint density at radius 2 is 1.94 bits per heavy atom. The Labute approximate surface area is 104 Å². The molecule has 8 heteroatoms. The Kier molecular flexibility index (Phi) is 2.65. The number of rotatable bonds is 1. The highest BCUT2D eigenvalue weighted by molar-refractivity contribution is 7.14. The van der Waals surface area contributed by atoms with E-state index >= 15 is 0 Å². The van der Waals surface area contributed by atoms with Crippen molar-refractivity contribution in [1.29, 1.82) is 0 Å². The number of amides is 3. The summed E-state index contributed by atoms with van der Waals surface area (Å²) >= 11 is 0.706. The lowest BCUT2D eigenvalue weighted by molar-refractivity contribution is -0.137. The van der Waals surface area contributed by atoms with E-state index in [2.05, 4.69) is 5.32 Å². The van der Waals surface area contributed by atoms with E-state index < -0.39 is 29.2 Å². The van der Waals surface area contributed by atoms with Crippen molar-refractivity contribution < 1.29 is 22.8 Å². The average Bonchev–Trinajstić information content (AvgIpc) is 2.71. The molecule has 18 heavy (non-hydrogen) atoms. The molecule has 2 heterocycles. The molecule has 1 aliphatic heterocycles. The van der Waals surface area contributed by atoms with Gasteiger partial charge in [-0.2, -0.15) is 13.2 Å². The summed E-state index contributed by atoms with van der Waals surface area (Å²) in [5.41, 5.74) is -1.97. The summed E-state index contributed by atoms with van der Waals surface area (Å²) in [6, 6.07) is 0.0874. The second kappa shape index (κ2) is 3.71. The van der Waals surface area contributed by atoms with Gasteiger partial charge >= 0.3 is 12.2 Å². The number of thiophene rings is 1. The fourth-order valence-electron chi connectivity index (χ4n) is 1.54. The van der Waals surface area contributed by atoms with Gasteiger partial charge in [0.25, 0.3) is 5.91 Å². The molecule has 0 radical (unpaired) electrons. The molecule has 4 nitrogen and oxygen atoms in total. The monoisotopic (exact) mass is 278 g/mol. The van der Waals surface area contributed by atoms with Crippen LogP contribution >= 0.6 is 11.3 Å². The number of hydrogen-bond acceptors (Lipinski definition) is 3. The number of alkyl halides is 3. The normalized spacial score (nSPS) is 19.3. The predicted molar refractivity (Wildman–Crippen MR) is 59.4 cm³/mol. The molecule has 0 atom stereocenters. The summed E-state index contributed by atoms with van der Waals surface area (Å²) < 4.78 is 37.3. The molecule has 1 fully saturated rings. The minimum absolute atomic E-state index is 0.0320. The van der Waals surface area contributed by atoms with Crippen LogP contribution in [-0.2, 0) is 11.0 Å². The third-order valence-corrected chi connectivity index (χ3v) is 3.41. The van der Waals surface area contributed by atoms with Gasteiger partial charge in [-0.15, -0.1) is 11.3 Å². The maximum atomic E-state index is 12.4. The van der Waals surface area contributed by atoms with Crippen molar-refractivity contribution in [3.8, 4) is 0 Å². The van der Waals surface area contributed by atoms with E-state index in [9.17, 15) is 22.8 Å². The Morgan fingerprint density at radius 1 is 1.33 bits per heavy atom. The SMILES string of the molecule is CC1(C)NC(=O)N(c2cc(C(F)(F)F)cs2)C1=O. The van der Waals surface area contributed by atoms with E-state index in [1.807, 2.05) is 0 Å². The van der Waals surface area contributed by atoms with Gasteiger partial charge in [0.1, 0.15) is 10.5 Å². The van der Waals surface area contributed by atoms with Crippen LogP contribution in [0.25, 0.3) is 0 Å². The van der Waals surface area contributed by atoms with Gasteiger partial charge < -0.3 is 5.32 Å². The van der Waals surface area contributed by atoms with Crippen molar-refractivity contribution in [2.24, 2.45) is 0 Å². The first-order chi connectivity index (χ1) is 8.13. The summed E-state index contributed by atoms with van der Waals surface area (Å²) in [6.07, 6.45) is -4.48. The van der Waals surface area contributed by atoms with Crippen LogP contribution < -0.4 is 10.2 Å². The third kappa shape index (κ3) is 1.96. The van der Waals surface area contributed by atoms with Gasteiger partial charge in [0.15, 0.2) is 0 Å². The van der Waals surface area contributed by atoms with Gasteiger partial charge in [0.2, 0.25) is 0 Å². The van der Waals surface area contributed by atoms with Gasteiger partial charge in [-0.05, 0) is 19.9 Å². The molecule has 0 bridgehead atoms. The highest BCUT2D eigenvalue weighted by atomic mass is 32.1. The summed E-state index contributed by atoms with van der Waals surface area (Å²) in [4.78, 5) is 24.2. The van der Waals surface area contributed by atoms with Crippen LogP contribution in [0.4, 0.5) is 23.0 Å². The van der Waals surface area contributed by atoms with Crippen molar-refractivity contribution in [3.63, 3.8) is 0 Å². The van der Waals surface area contributed by atoms with Gasteiger partial charge in [-0.1, -0.05) is 0 Å². The predicted octanol–water partition coefficient (Wildman–Crippen LogP) is 2.60. The zero-order chi connectivity index (χ0) is 13.7. The number of anilines is 1. The Balaban J connectivity index is 2.36. The molecular formula is C10H9F3N2O2S. The molecular weight excluding hydrogens is 269 g/mol. The lowest BCUT2D eigenvalue weighted by Gasteiger charge is -2.14. The van der Waals surface area contributed by atoms with E-state index in [1.54, 1.807) is 0 Å². The maximum absolute atomic E-state index is 12.4. The van der Waals surface area contributed by atoms with Crippen LogP contribution in [-0.4, -0.2) is 17.5 Å². The molecule has 0 aliphatic carbocycles. The number of imide groups is 1. The number of halogens is 3. The molecule has 1 saturated heterocycles. The minimum atomic E-state index is -4.48. The quantitative estimate of drug-likeness (QED) is 0.803. The first kappa shape index (κ1) is 12.9. The standard InChI is InChI=1S/C10H9F3N2O2S/c1-9(2)7(16)15(8(17)14-9)6-3-5(4-18-6)10(11,12)13/h3-4H,1-2H3,(H,14,17). The third-order valence-electron chi connectivity index (χ3n) is 2.49. The van der Waals surface area contributed by atoms with Crippen molar-refractivity contribution in [2.45, 2.75) is 25.6 Å². The first-order valence-corrected chi connectivity index (χ1v) is 5.83. The van der Waals surface area contributed by atoms with Gasteiger partial charge in [0.05, 0.1) is 5.56 Å². The zero-order valence-corrected chi connectivity index (χ0v) is 10.3. The van der Waals surface area contributed by atoms with Crippen molar-refractivity contribution >= 4 is 28.3 Å². The van der Waals surface area contributed by atoms with Crippen LogP contribution in [0, 0.1) is 0 Å². The van der Waals surface area contributed by atoms with E-state index in [0.29, 0.717) is 11.3 Å². The number of nitrogens with zero attached hydrogens (tertiary/aromatic N) is 1. The second-order valence-corrected chi connectivity index (χ2v) is 5.26. The molecule has 1 aliphatic rings. The van der Waals surface area contributed by atoms with E-state index in [4.69, 9.17) is 0 Å². The summed E-state index contributed by atoms with van der Waals surface area (Å²) in [5.74, 6) is -0.567. The summed E-state index contributed by atoms with van der Waals surface area (Å²) in [6.45, 7) is 2.98. The summed E-state index contributed by atoms with van der Waals surface area (Å²) in [7, 11) is 0. The van der Waals surface area contributed by atoms with E-state index in [-0.39, 0.29) is 5.00 Å². The first-order valence-electron chi connectivity index (χ1n) is 4.95.